The molecule has 1 aliphatic carbocycles. The smallest absolute Gasteiger partial charge is 0.273 e. The molecule has 1 saturated carbocycles. The van der Waals surface area contributed by atoms with Crippen LogP contribution in [0.3, 0.4) is 0 Å². The summed E-state index contributed by atoms with van der Waals surface area (Å²) in [4.78, 5) is 29.1. The highest BCUT2D eigenvalue weighted by Gasteiger charge is 2.47. The Balaban J connectivity index is 1.10. The molecule has 2 N–H and O–H groups in total. The van der Waals surface area contributed by atoms with Crippen molar-refractivity contribution in [3.63, 3.8) is 0 Å². The van der Waals surface area contributed by atoms with Crippen LogP contribution in [0.5, 0.6) is 0 Å². The molecule has 3 aliphatic rings. The third kappa shape index (κ3) is 4.76. The normalized spacial score (nSPS) is 23.5. The molecule has 11 heteroatoms. The lowest BCUT2D eigenvalue weighted by molar-refractivity contribution is 0.0899. The molecule has 3 fully saturated rings. The van der Waals surface area contributed by atoms with Gasteiger partial charge >= 0.3 is 0 Å². The molecule has 4 heterocycles. The summed E-state index contributed by atoms with van der Waals surface area (Å²) in [5, 5.41) is 9.71. The van der Waals surface area contributed by atoms with Gasteiger partial charge in [-0.1, -0.05) is 5.16 Å². The van der Waals surface area contributed by atoms with Gasteiger partial charge in [-0.15, -0.1) is 0 Å². The van der Waals surface area contributed by atoms with E-state index >= 15 is 0 Å². The van der Waals surface area contributed by atoms with Gasteiger partial charge in [0.05, 0.1) is 4.90 Å². The molecule has 6 rings (SSSR count). The lowest BCUT2D eigenvalue weighted by Crippen LogP contribution is -2.52. The zero-order chi connectivity index (χ0) is 25.6. The molecular weight excluding hydrogens is 494 g/mol. The number of rotatable bonds is 7. The Bertz CT molecular complexity index is 1410. The first kappa shape index (κ1) is 23.8. The fourth-order valence-corrected chi connectivity index (χ4v) is 7.29. The van der Waals surface area contributed by atoms with Gasteiger partial charge in [0.1, 0.15) is 5.76 Å². The van der Waals surface area contributed by atoms with Crippen molar-refractivity contribution in [3.05, 3.63) is 71.9 Å². The van der Waals surface area contributed by atoms with E-state index in [2.05, 4.69) is 20.8 Å². The summed E-state index contributed by atoms with van der Waals surface area (Å²) >= 11 is 0. The number of pyridine rings is 1. The lowest BCUT2D eigenvalue weighted by Gasteiger charge is -2.38. The van der Waals surface area contributed by atoms with Gasteiger partial charge in [-0.2, -0.15) is 4.31 Å². The first-order valence-electron chi connectivity index (χ1n) is 12.5. The maximum absolute atomic E-state index is 13.5. The second-order valence-electron chi connectivity index (χ2n) is 9.96. The summed E-state index contributed by atoms with van der Waals surface area (Å²) in [5.41, 5.74) is 1.24. The van der Waals surface area contributed by atoms with Crippen LogP contribution in [0.15, 0.2) is 64.3 Å². The van der Waals surface area contributed by atoms with Crippen LogP contribution in [0, 0.1) is 0 Å². The van der Waals surface area contributed by atoms with Gasteiger partial charge in [0, 0.05) is 53.8 Å². The molecule has 3 atom stereocenters. The molecule has 0 radical (unpaired) electrons. The van der Waals surface area contributed by atoms with E-state index in [1.165, 1.54) is 24.5 Å². The van der Waals surface area contributed by atoms with Gasteiger partial charge in [-0.05, 0) is 74.9 Å². The summed E-state index contributed by atoms with van der Waals surface area (Å²) in [6, 6.07) is 10.7. The second kappa shape index (κ2) is 9.38. The number of sulfonamides is 1. The number of nitrogens with one attached hydrogen (secondary N) is 2. The maximum Gasteiger partial charge on any atom is 0.273 e. The maximum atomic E-state index is 13.5. The molecule has 3 aromatic rings. The van der Waals surface area contributed by atoms with E-state index in [0.29, 0.717) is 30.0 Å². The topological polar surface area (TPSA) is 134 Å². The minimum Gasteiger partial charge on any atom is -0.360 e. The summed E-state index contributed by atoms with van der Waals surface area (Å²) in [6.07, 6.45) is 7.81. The van der Waals surface area contributed by atoms with E-state index in [1.54, 1.807) is 34.6 Å². The van der Waals surface area contributed by atoms with Gasteiger partial charge < -0.3 is 15.2 Å². The Morgan fingerprint density at radius 2 is 1.59 bits per heavy atom. The minimum atomic E-state index is -3.73. The van der Waals surface area contributed by atoms with E-state index in [1.807, 2.05) is 0 Å². The van der Waals surface area contributed by atoms with Crippen molar-refractivity contribution >= 4 is 27.5 Å². The number of hydrogen-bond acceptors (Lipinski definition) is 7. The molecule has 10 nitrogen and oxygen atoms in total. The van der Waals surface area contributed by atoms with Crippen molar-refractivity contribution in [2.24, 2.45) is 0 Å². The van der Waals surface area contributed by atoms with Crippen LogP contribution in [0.1, 0.15) is 71.0 Å². The Hall–Kier alpha value is -3.57. The number of piperidine rings is 1. The van der Waals surface area contributed by atoms with E-state index in [9.17, 15) is 18.0 Å². The van der Waals surface area contributed by atoms with Crippen LogP contribution in [-0.2, 0) is 10.0 Å². The first-order valence-corrected chi connectivity index (χ1v) is 13.9. The highest BCUT2D eigenvalue weighted by Crippen LogP contribution is 2.41. The summed E-state index contributed by atoms with van der Waals surface area (Å²) in [6.45, 7) is 0. The molecule has 1 aromatic carbocycles. The van der Waals surface area contributed by atoms with Crippen molar-refractivity contribution in [1.82, 2.24) is 19.8 Å². The standard InChI is InChI=1S/C26H27N5O5S/c32-25(17-9-11-27-12-10-17)28-18-3-7-22(8-4-18)37(34,35)31-20-5-6-21(31)14-19(13-20)29-26(33)23-15-24(36-30-23)16-1-2-16/h3-4,7-12,15-16,19-21H,1-2,5-6,13-14H2,(H,28,32)(H,29,33)/t19?,20-,21+. The van der Waals surface area contributed by atoms with Crippen LogP contribution >= 0.6 is 0 Å². The van der Waals surface area contributed by atoms with Crippen LogP contribution in [0.25, 0.3) is 0 Å². The minimum absolute atomic E-state index is 0.122. The molecule has 2 saturated heterocycles. The number of hydrogen-bond donors (Lipinski definition) is 2. The zero-order valence-corrected chi connectivity index (χ0v) is 20.9. The molecule has 192 valence electrons. The lowest BCUT2D eigenvalue weighted by atomic mass is 9.99. The van der Waals surface area contributed by atoms with E-state index in [-0.39, 0.29) is 40.5 Å². The van der Waals surface area contributed by atoms with Crippen LogP contribution in [-0.4, -0.2) is 52.8 Å². The number of carbonyl (C=O) groups is 2. The van der Waals surface area contributed by atoms with Crippen molar-refractivity contribution in [3.8, 4) is 0 Å². The number of carbonyl (C=O) groups excluding carboxylic acids is 2. The molecule has 2 aromatic heterocycles. The molecule has 0 spiro atoms. The first-order chi connectivity index (χ1) is 17.9. The number of anilines is 1. The number of aromatic nitrogens is 2. The zero-order valence-electron chi connectivity index (χ0n) is 20.0. The van der Waals surface area contributed by atoms with Crippen LogP contribution in [0.2, 0.25) is 0 Å². The Kier molecular flexibility index (Phi) is 6.04. The third-order valence-corrected chi connectivity index (χ3v) is 9.39. The fourth-order valence-electron chi connectivity index (χ4n) is 5.40. The third-order valence-electron chi connectivity index (χ3n) is 7.37. The van der Waals surface area contributed by atoms with Crippen LogP contribution < -0.4 is 10.6 Å². The number of nitrogens with zero attached hydrogens (tertiary/aromatic N) is 3. The van der Waals surface area contributed by atoms with E-state index < -0.39 is 10.0 Å². The van der Waals surface area contributed by atoms with Gasteiger partial charge in [-0.3, -0.25) is 14.6 Å². The SMILES string of the molecule is O=C(Nc1ccc(S(=O)(=O)N2[C@@H]3CC[C@H]2CC(NC(=O)c2cc(C4CC4)on2)C3)cc1)c1ccncc1. The summed E-state index contributed by atoms with van der Waals surface area (Å²) in [5.74, 6) is 0.564. The monoisotopic (exact) mass is 521 g/mol. The van der Waals surface area contributed by atoms with E-state index in [4.69, 9.17) is 4.52 Å². The predicted molar refractivity (Wildman–Crippen MR) is 133 cm³/mol. The summed E-state index contributed by atoms with van der Waals surface area (Å²) < 4.78 is 34.0. The van der Waals surface area contributed by atoms with Gasteiger partial charge in [0.25, 0.3) is 11.8 Å². The molecule has 2 aliphatic heterocycles. The largest absolute Gasteiger partial charge is 0.360 e. The van der Waals surface area contributed by atoms with Crippen molar-refractivity contribution in [2.45, 2.75) is 67.5 Å². The van der Waals surface area contributed by atoms with Gasteiger partial charge in [-0.25, -0.2) is 8.42 Å². The highest BCUT2D eigenvalue weighted by molar-refractivity contribution is 7.89. The average molecular weight is 522 g/mol. The van der Waals surface area contributed by atoms with Crippen molar-refractivity contribution < 1.29 is 22.5 Å². The van der Waals surface area contributed by atoms with Crippen molar-refractivity contribution in [2.75, 3.05) is 5.32 Å². The predicted octanol–water partition coefficient (Wildman–Crippen LogP) is 3.31. The highest BCUT2D eigenvalue weighted by atomic mass is 32.2. The Morgan fingerprint density at radius 1 is 0.919 bits per heavy atom. The van der Waals surface area contributed by atoms with Crippen LogP contribution in [0.4, 0.5) is 5.69 Å². The van der Waals surface area contributed by atoms with Gasteiger partial charge in [0.15, 0.2) is 5.69 Å². The molecule has 2 amide bonds. The fraction of sp³-hybridized carbons (Fsp3) is 0.385. The average Bonchev–Trinajstić information content (AvgIpc) is 3.55. The Labute approximate surface area is 214 Å². The molecule has 2 bridgehead atoms. The summed E-state index contributed by atoms with van der Waals surface area (Å²) in [7, 11) is -3.73. The molecule has 37 heavy (non-hydrogen) atoms. The van der Waals surface area contributed by atoms with Gasteiger partial charge in [0.2, 0.25) is 10.0 Å². The number of fused-ring (bicyclic) bond motifs is 2. The quantitative estimate of drug-likeness (QED) is 0.487. The molecule has 1 unspecified atom stereocenters. The van der Waals surface area contributed by atoms with Crippen molar-refractivity contribution in [1.29, 1.82) is 0 Å². The molecular formula is C26H27N5O5S. The number of amides is 2. The van der Waals surface area contributed by atoms with E-state index in [0.717, 1.165) is 31.4 Å². The number of benzene rings is 1. The second-order valence-corrected chi connectivity index (χ2v) is 11.8. The Morgan fingerprint density at radius 3 is 2.24 bits per heavy atom.